The number of benzene rings is 2. The Kier molecular flexibility index (Phi) is 5.01. The molecule has 1 saturated heterocycles. The van der Waals surface area contributed by atoms with E-state index in [1.165, 1.54) is 16.8 Å². The molecule has 1 N–H and O–H groups in total. The highest BCUT2D eigenvalue weighted by molar-refractivity contribution is 5.60. The molecule has 0 unspecified atom stereocenters. The number of aromatic nitrogens is 2. The second-order valence-corrected chi connectivity index (χ2v) is 7.45. The number of hydrogen-bond acceptors (Lipinski definition) is 6. The van der Waals surface area contributed by atoms with Gasteiger partial charge in [0.1, 0.15) is 5.82 Å². The van der Waals surface area contributed by atoms with Crippen LogP contribution in [-0.4, -0.2) is 42.8 Å². The molecule has 6 nitrogen and oxygen atoms in total. The third-order valence-electron chi connectivity index (χ3n) is 5.60. The van der Waals surface area contributed by atoms with Gasteiger partial charge < -0.3 is 19.9 Å². The summed E-state index contributed by atoms with van der Waals surface area (Å²) in [6.07, 6.45) is 2.87. The summed E-state index contributed by atoms with van der Waals surface area (Å²) in [4.78, 5) is 13.8. The van der Waals surface area contributed by atoms with E-state index in [1.54, 1.807) is 0 Å². The van der Waals surface area contributed by atoms with Crippen molar-refractivity contribution in [1.29, 1.82) is 0 Å². The number of anilines is 4. The minimum absolute atomic E-state index is 0.625. The standard InChI is InChI=1S/C23H25N5O/c1-2-4-19-17-28(12-10-18(19)3-1)22-9-11-24-23(26-22)25-20-5-7-21(8-6-20)27-13-15-29-16-14-27/h1-9,11H,10,12-17H2,(H,24,25,26). The molecule has 0 saturated carbocycles. The van der Waals surface area contributed by atoms with Crippen molar-refractivity contribution in [2.75, 3.05) is 48.0 Å². The van der Waals surface area contributed by atoms with Gasteiger partial charge in [0, 0.05) is 43.8 Å². The van der Waals surface area contributed by atoms with Crippen LogP contribution in [0.4, 0.5) is 23.1 Å². The molecule has 1 aromatic heterocycles. The summed E-state index contributed by atoms with van der Waals surface area (Å²) in [6, 6.07) is 19.1. The van der Waals surface area contributed by atoms with Gasteiger partial charge in [0.2, 0.25) is 5.95 Å². The topological polar surface area (TPSA) is 53.5 Å². The van der Waals surface area contributed by atoms with Gasteiger partial charge in [0.05, 0.1) is 13.2 Å². The highest BCUT2D eigenvalue weighted by Gasteiger charge is 2.17. The molecule has 0 spiro atoms. The van der Waals surface area contributed by atoms with Crippen molar-refractivity contribution in [3.63, 3.8) is 0 Å². The van der Waals surface area contributed by atoms with Crippen LogP contribution < -0.4 is 15.1 Å². The first-order valence-corrected chi connectivity index (χ1v) is 10.2. The van der Waals surface area contributed by atoms with Crippen LogP contribution in [0.25, 0.3) is 0 Å². The van der Waals surface area contributed by atoms with Crippen LogP contribution in [0.1, 0.15) is 11.1 Å². The first-order valence-electron chi connectivity index (χ1n) is 10.2. The zero-order chi connectivity index (χ0) is 19.5. The minimum Gasteiger partial charge on any atom is -0.378 e. The van der Waals surface area contributed by atoms with Gasteiger partial charge in [-0.05, 0) is 47.9 Å². The molecular formula is C23H25N5O. The van der Waals surface area contributed by atoms with Gasteiger partial charge >= 0.3 is 0 Å². The molecule has 0 bridgehead atoms. The zero-order valence-electron chi connectivity index (χ0n) is 16.4. The molecule has 0 amide bonds. The number of nitrogens with zero attached hydrogens (tertiary/aromatic N) is 4. The third kappa shape index (κ3) is 4.03. The smallest absolute Gasteiger partial charge is 0.229 e. The van der Waals surface area contributed by atoms with E-state index in [9.17, 15) is 0 Å². The van der Waals surface area contributed by atoms with Crippen LogP contribution in [0.15, 0.2) is 60.8 Å². The second-order valence-electron chi connectivity index (χ2n) is 7.45. The molecule has 29 heavy (non-hydrogen) atoms. The monoisotopic (exact) mass is 387 g/mol. The molecule has 2 aliphatic rings. The van der Waals surface area contributed by atoms with Gasteiger partial charge in [0.25, 0.3) is 0 Å². The summed E-state index contributed by atoms with van der Waals surface area (Å²) in [5, 5.41) is 3.34. The van der Waals surface area contributed by atoms with Gasteiger partial charge in [-0.1, -0.05) is 24.3 Å². The van der Waals surface area contributed by atoms with Gasteiger partial charge in [-0.2, -0.15) is 4.98 Å². The molecule has 0 radical (unpaired) electrons. The summed E-state index contributed by atoms with van der Waals surface area (Å²) in [5.74, 6) is 1.59. The SMILES string of the molecule is c1ccc2c(c1)CCN(c1ccnc(Nc3ccc(N4CCOCC4)cc3)n1)C2. The molecular weight excluding hydrogens is 362 g/mol. The maximum atomic E-state index is 5.43. The van der Waals surface area contributed by atoms with Crippen molar-refractivity contribution in [3.8, 4) is 0 Å². The molecule has 3 aromatic rings. The highest BCUT2D eigenvalue weighted by Crippen LogP contribution is 2.25. The lowest BCUT2D eigenvalue weighted by Gasteiger charge is -2.30. The summed E-state index contributed by atoms with van der Waals surface area (Å²) in [7, 11) is 0. The summed E-state index contributed by atoms with van der Waals surface area (Å²) >= 11 is 0. The lowest BCUT2D eigenvalue weighted by atomic mass is 10.00. The lowest BCUT2D eigenvalue weighted by molar-refractivity contribution is 0.122. The van der Waals surface area contributed by atoms with E-state index in [4.69, 9.17) is 9.72 Å². The number of ether oxygens (including phenoxy) is 1. The number of hydrogen-bond donors (Lipinski definition) is 1. The van der Waals surface area contributed by atoms with Crippen molar-refractivity contribution in [2.24, 2.45) is 0 Å². The largest absolute Gasteiger partial charge is 0.378 e. The molecule has 2 aliphatic heterocycles. The van der Waals surface area contributed by atoms with Crippen molar-refractivity contribution in [1.82, 2.24) is 9.97 Å². The summed E-state index contributed by atoms with van der Waals surface area (Å²) in [5.41, 5.74) is 5.03. The number of fused-ring (bicyclic) bond motifs is 1. The van der Waals surface area contributed by atoms with Crippen molar-refractivity contribution in [3.05, 3.63) is 71.9 Å². The predicted octanol–water partition coefficient (Wildman–Crippen LogP) is 3.62. The van der Waals surface area contributed by atoms with E-state index < -0.39 is 0 Å². The molecule has 6 heteroatoms. The summed E-state index contributed by atoms with van der Waals surface area (Å²) in [6.45, 7) is 5.33. The fourth-order valence-corrected chi connectivity index (χ4v) is 3.98. The highest BCUT2D eigenvalue weighted by atomic mass is 16.5. The minimum atomic E-state index is 0.625. The fourth-order valence-electron chi connectivity index (χ4n) is 3.98. The van der Waals surface area contributed by atoms with E-state index in [-0.39, 0.29) is 0 Å². The Hall–Kier alpha value is -3.12. The Morgan fingerprint density at radius 1 is 0.828 bits per heavy atom. The maximum absolute atomic E-state index is 5.43. The molecule has 2 aromatic carbocycles. The molecule has 1 fully saturated rings. The Morgan fingerprint density at radius 2 is 1.62 bits per heavy atom. The lowest BCUT2D eigenvalue weighted by Crippen LogP contribution is -2.36. The fraction of sp³-hybridized carbons (Fsp3) is 0.304. The Bertz CT molecular complexity index is 969. The molecule has 0 atom stereocenters. The van der Waals surface area contributed by atoms with E-state index in [2.05, 4.69) is 68.6 Å². The van der Waals surface area contributed by atoms with E-state index in [0.29, 0.717) is 5.95 Å². The molecule has 5 rings (SSSR count). The predicted molar refractivity (Wildman–Crippen MR) is 116 cm³/mol. The van der Waals surface area contributed by atoms with Crippen LogP contribution in [0.5, 0.6) is 0 Å². The Labute approximate surface area is 171 Å². The number of rotatable bonds is 4. The Morgan fingerprint density at radius 3 is 2.45 bits per heavy atom. The normalized spacial score (nSPS) is 16.4. The van der Waals surface area contributed by atoms with Crippen LogP contribution in [-0.2, 0) is 17.7 Å². The molecule has 3 heterocycles. The average molecular weight is 387 g/mol. The van der Waals surface area contributed by atoms with E-state index in [1.807, 2.05) is 12.3 Å². The van der Waals surface area contributed by atoms with Gasteiger partial charge in [-0.3, -0.25) is 0 Å². The van der Waals surface area contributed by atoms with Crippen molar-refractivity contribution >= 4 is 23.1 Å². The number of nitrogens with one attached hydrogen (secondary N) is 1. The second kappa shape index (κ2) is 8.09. The van der Waals surface area contributed by atoms with Crippen molar-refractivity contribution < 1.29 is 4.74 Å². The average Bonchev–Trinajstić information content (AvgIpc) is 2.80. The maximum Gasteiger partial charge on any atom is 0.229 e. The summed E-state index contributed by atoms with van der Waals surface area (Å²) < 4.78 is 5.43. The first-order chi connectivity index (χ1) is 14.3. The van der Waals surface area contributed by atoms with Crippen molar-refractivity contribution in [2.45, 2.75) is 13.0 Å². The van der Waals surface area contributed by atoms with E-state index >= 15 is 0 Å². The van der Waals surface area contributed by atoms with Gasteiger partial charge in [-0.25, -0.2) is 4.98 Å². The van der Waals surface area contributed by atoms with Gasteiger partial charge in [-0.15, -0.1) is 0 Å². The first kappa shape index (κ1) is 17.9. The quantitative estimate of drug-likeness (QED) is 0.738. The molecule has 148 valence electrons. The van der Waals surface area contributed by atoms with E-state index in [0.717, 1.165) is 57.3 Å². The zero-order valence-corrected chi connectivity index (χ0v) is 16.4. The van der Waals surface area contributed by atoms with Crippen LogP contribution in [0.2, 0.25) is 0 Å². The number of morpholine rings is 1. The molecule has 0 aliphatic carbocycles. The van der Waals surface area contributed by atoms with Crippen LogP contribution in [0.3, 0.4) is 0 Å². The Balaban J connectivity index is 1.28. The van der Waals surface area contributed by atoms with Gasteiger partial charge in [0.15, 0.2) is 0 Å². The third-order valence-corrected chi connectivity index (χ3v) is 5.60. The van der Waals surface area contributed by atoms with Crippen LogP contribution >= 0.6 is 0 Å². The van der Waals surface area contributed by atoms with Crippen LogP contribution in [0, 0.1) is 0 Å².